The second kappa shape index (κ2) is 9.72. The highest BCUT2D eigenvalue weighted by Crippen LogP contribution is 2.40. The number of esters is 1. The van der Waals surface area contributed by atoms with Crippen molar-refractivity contribution in [2.24, 2.45) is 23.5 Å². The number of ether oxygens (including phenoxy) is 1. The van der Waals surface area contributed by atoms with Gasteiger partial charge in [-0.05, 0) is 18.4 Å². The lowest BCUT2D eigenvalue weighted by Crippen LogP contribution is -2.70. The first kappa shape index (κ1) is 26.5. The molecule has 0 spiro atoms. The van der Waals surface area contributed by atoms with Crippen LogP contribution in [0.5, 0.6) is 0 Å². The van der Waals surface area contributed by atoms with Crippen LogP contribution < -0.4 is 11.2 Å². The number of hydrazine groups is 1. The maximum atomic E-state index is 13.6. The maximum Gasteiger partial charge on any atom is 0.491 e. The summed E-state index contributed by atoms with van der Waals surface area (Å²) in [5, 5.41) is 1.20. The molecule has 0 bridgehead atoms. The van der Waals surface area contributed by atoms with Gasteiger partial charge in [0.15, 0.2) is 23.0 Å². The quantitative estimate of drug-likeness (QED) is 0.446. The van der Waals surface area contributed by atoms with Gasteiger partial charge in [0.25, 0.3) is 0 Å². The van der Waals surface area contributed by atoms with Crippen molar-refractivity contribution in [2.75, 3.05) is 13.2 Å². The van der Waals surface area contributed by atoms with Crippen LogP contribution in [0.3, 0.4) is 0 Å². The fraction of sp³-hybridized carbons (Fsp3) is 0.417. The first-order chi connectivity index (χ1) is 17.4. The first-order valence-corrected chi connectivity index (χ1v) is 11.4. The van der Waals surface area contributed by atoms with E-state index in [2.05, 4.69) is 10.2 Å². The van der Waals surface area contributed by atoms with Gasteiger partial charge in [0, 0.05) is 17.7 Å². The van der Waals surface area contributed by atoms with Gasteiger partial charge in [-0.3, -0.25) is 14.5 Å². The Kier molecular flexibility index (Phi) is 6.97. The molecule has 3 aliphatic rings. The molecule has 1 heterocycles. The zero-order valence-electron chi connectivity index (χ0n) is 19.8. The molecular formula is C24H24F3N3O7. The molecule has 2 unspecified atom stereocenters. The summed E-state index contributed by atoms with van der Waals surface area (Å²) in [6, 6.07) is 6.03. The molecule has 1 fully saturated rings. The fourth-order valence-corrected chi connectivity index (χ4v) is 4.47. The van der Waals surface area contributed by atoms with Crippen molar-refractivity contribution >= 4 is 23.5 Å². The molecule has 13 heteroatoms. The van der Waals surface area contributed by atoms with Gasteiger partial charge in [-0.15, -0.1) is 0 Å². The van der Waals surface area contributed by atoms with E-state index < -0.39 is 58.9 Å². The molecule has 3 atom stereocenters. The molecule has 0 aromatic heterocycles. The van der Waals surface area contributed by atoms with Crippen LogP contribution in [0.25, 0.3) is 0 Å². The summed E-state index contributed by atoms with van der Waals surface area (Å²) < 4.78 is 43.8. The number of allylic oxidation sites excluding steroid dienone is 3. The number of Topliss-reactive ketones (excluding diaryl/α,β-unsaturated/α-hetero) is 2. The monoisotopic (exact) mass is 523 g/mol. The molecule has 2 aliphatic carbocycles. The Labute approximate surface area is 209 Å². The van der Waals surface area contributed by atoms with E-state index in [9.17, 15) is 32.3 Å². The Balaban J connectivity index is 1.84. The summed E-state index contributed by atoms with van der Waals surface area (Å²) in [6.45, 7) is 3.22. The molecule has 1 saturated heterocycles. The molecule has 4 rings (SSSR count). The van der Waals surface area contributed by atoms with E-state index >= 15 is 0 Å². The minimum Gasteiger partial charge on any atom is -0.418 e. The number of fused-ring (bicyclic) bond motifs is 2. The zero-order valence-corrected chi connectivity index (χ0v) is 19.8. The van der Waals surface area contributed by atoms with E-state index in [4.69, 9.17) is 15.5 Å². The number of carbonyl (C=O) groups excluding carboxylic acids is 4. The predicted octanol–water partition coefficient (Wildman–Crippen LogP) is 2.18. The van der Waals surface area contributed by atoms with Gasteiger partial charge in [-0.25, -0.2) is 9.59 Å². The SMILES string of the molecule is CC(C)[C@@]1(N)C(=O)OOCCCN1NC1=C(OC(=O)C(F)(F)F)C=CC2C(=O)c3ccccc3C(=O)C12. The number of halogens is 3. The Morgan fingerprint density at radius 3 is 2.46 bits per heavy atom. The second-order valence-electron chi connectivity index (χ2n) is 9.09. The van der Waals surface area contributed by atoms with Crippen LogP contribution in [0, 0.1) is 17.8 Å². The highest BCUT2D eigenvalue weighted by molar-refractivity contribution is 6.17. The van der Waals surface area contributed by atoms with Gasteiger partial charge in [0.05, 0.1) is 24.1 Å². The molecule has 198 valence electrons. The average molecular weight is 523 g/mol. The molecule has 1 aliphatic heterocycles. The van der Waals surface area contributed by atoms with Crippen molar-refractivity contribution in [3.63, 3.8) is 0 Å². The lowest BCUT2D eigenvalue weighted by atomic mass is 9.70. The highest BCUT2D eigenvalue weighted by Gasteiger charge is 2.51. The lowest BCUT2D eigenvalue weighted by Gasteiger charge is -2.44. The van der Waals surface area contributed by atoms with Crippen LogP contribution in [0.2, 0.25) is 0 Å². The number of carbonyl (C=O) groups is 4. The van der Waals surface area contributed by atoms with E-state index in [0.29, 0.717) is 0 Å². The van der Waals surface area contributed by atoms with Crippen LogP contribution in [0.15, 0.2) is 47.9 Å². The minimum atomic E-state index is -5.33. The summed E-state index contributed by atoms with van der Waals surface area (Å²) in [5.74, 6) is -8.30. The van der Waals surface area contributed by atoms with Crippen molar-refractivity contribution in [1.29, 1.82) is 0 Å². The van der Waals surface area contributed by atoms with Crippen LogP contribution in [0.1, 0.15) is 41.0 Å². The van der Waals surface area contributed by atoms with Crippen LogP contribution in [0.4, 0.5) is 13.2 Å². The summed E-state index contributed by atoms with van der Waals surface area (Å²) >= 11 is 0. The average Bonchev–Trinajstić information content (AvgIpc) is 2.84. The van der Waals surface area contributed by atoms with Gasteiger partial charge in [0.1, 0.15) is 0 Å². The Hall–Kier alpha value is -3.55. The van der Waals surface area contributed by atoms with E-state index in [0.717, 1.165) is 6.08 Å². The highest BCUT2D eigenvalue weighted by atomic mass is 19.4. The van der Waals surface area contributed by atoms with Gasteiger partial charge in [-0.2, -0.15) is 23.1 Å². The topological polar surface area (TPSA) is 137 Å². The molecule has 0 amide bonds. The van der Waals surface area contributed by atoms with E-state index in [1.54, 1.807) is 26.0 Å². The second-order valence-corrected chi connectivity index (χ2v) is 9.09. The smallest absolute Gasteiger partial charge is 0.418 e. The number of nitrogens with zero attached hydrogens (tertiary/aromatic N) is 1. The van der Waals surface area contributed by atoms with E-state index in [1.165, 1.54) is 23.2 Å². The van der Waals surface area contributed by atoms with Crippen LogP contribution >= 0.6 is 0 Å². The number of ketones is 2. The summed E-state index contributed by atoms with van der Waals surface area (Å²) in [7, 11) is 0. The van der Waals surface area contributed by atoms with Crippen molar-refractivity contribution in [1.82, 2.24) is 10.4 Å². The molecule has 37 heavy (non-hydrogen) atoms. The van der Waals surface area contributed by atoms with Crippen molar-refractivity contribution in [3.05, 3.63) is 59.0 Å². The van der Waals surface area contributed by atoms with E-state index in [-0.39, 0.29) is 36.4 Å². The number of benzene rings is 1. The maximum absolute atomic E-state index is 13.6. The molecule has 10 nitrogen and oxygen atoms in total. The third-order valence-corrected chi connectivity index (χ3v) is 6.52. The number of rotatable bonds is 4. The molecule has 1 aromatic carbocycles. The van der Waals surface area contributed by atoms with Crippen LogP contribution in [-0.2, 0) is 24.1 Å². The molecule has 3 N–H and O–H groups in total. The van der Waals surface area contributed by atoms with Gasteiger partial charge < -0.3 is 15.9 Å². The molecule has 0 radical (unpaired) electrons. The number of hydrogen-bond acceptors (Lipinski definition) is 10. The standard InChI is InChI=1S/C24H24F3N3O7/c1-12(2)23(28)21(33)37-35-11-5-10-30(23)29-18-16(36-22(34)24(25,26)27)9-8-15-17(18)20(32)14-7-4-3-6-13(14)19(15)31/h3-4,6-9,12,15,17,29H,5,10-11,28H2,1-2H3/t15?,17?,23-/m0/s1. The molecular weight excluding hydrogens is 499 g/mol. The Morgan fingerprint density at radius 2 is 1.84 bits per heavy atom. The van der Waals surface area contributed by atoms with E-state index in [1.807, 2.05) is 0 Å². The summed E-state index contributed by atoms with van der Waals surface area (Å²) in [5.41, 5.74) is 7.20. The number of nitrogens with one attached hydrogen (secondary N) is 1. The first-order valence-electron chi connectivity index (χ1n) is 11.4. The molecule has 0 saturated carbocycles. The predicted molar refractivity (Wildman–Crippen MR) is 119 cm³/mol. The molecule has 1 aromatic rings. The third-order valence-electron chi connectivity index (χ3n) is 6.52. The van der Waals surface area contributed by atoms with Crippen LogP contribution in [-0.4, -0.2) is 53.5 Å². The zero-order chi connectivity index (χ0) is 27.1. The van der Waals surface area contributed by atoms with Crippen molar-refractivity contribution in [3.8, 4) is 0 Å². The van der Waals surface area contributed by atoms with Crippen molar-refractivity contribution < 1.29 is 46.9 Å². The fourth-order valence-electron chi connectivity index (χ4n) is 4.47. The summed E-state index contributed by atoms with van der Waals surface area (Å²) in [4.78, 5) is 61.0. The Morgan fingerprint density at radius 1 is 1.19 bits per heavy atom. The normalized spacial score (nSPS) is 26.7. The van der Waals surface area contributed by atoms with Gasteiger partial charge >= 0.3 is 18.1 Å². The van der Waals surface area contributed by atoms with Crippen molar-refractivity contribution in [2.45, 2.75) is 32.1 Å². The number of hydrogen-bond donors (Lipinski definition) is 2. The summed E-state index contributed by atoms with van der Waals surface area (Å²) in [6.07, 6.45) is -2.83. The lowest BCUT2D eigenvalue weighted by molar-refractivity contribution is -0.291. The number of alkyl halides is 3. The third kappa shape index (κ3) is 4.65. The van der Waals surface area contributed by atoms with Gasteiger partial charge in [-0.1, -0.05) is 44.2 Å². The van der Waals surface area contributed by atoms with Gasteiger partial charge in [0.2, 0.25) is 0 Å². The Bertz CT molecular complexity index is 1210. The number of nitrogens with two attached hydrogens (primary N) is 1. The largest absolute Gasteiger partial charge is 0.491 e. The minimum absolute atomic E-state index is 0.0101.